The first kappa shape index (κ1) is 20.6. The van der Waals surface area contributed by atoms with E-state index in [1.165, 1.54) is 11.1 Å². The van der Waals surface area contributed by atoms with Crippen LogP contribution in [0.2, 0.25) is 0 Å². The van der Waals surface area contributed by atoms with Crippen molar-refractivity contribution in [2.75, 3.05) is 40.6 Å². The minimum Gasteiger partial charge on any atom is -0.493 e. The lowest BCUT2D eigenvalue weighted by molar-refractivity contribution is 0.252. The van der Waals surface area contributed by atoms with Crippen LogP contribution in [0.15, 0.2) is 48.6 Å². The van der Waals surface area contributed by atoms with Crippen LogP contribution in [0.5, 0.6) is 23.0 Å². The first-order valence-electron chi connectivity index (χ1n) is 10.2. The second-order valence-corrected chi connectivity index (χ2v) is 7.38. The highest BCUT2D eigenvalue weighted by molar-refractivity contribution is 5.44. The van der Waals surface area contributed by atoms with Gasteiger partial charge in [0, 0.05) is 0 Å². The molecule has 0 aliphatic carbocycles. The van der Waals surface area contributed by atoms with E-state index in [0.717, 1.165) is 49.1 Å². The largest absolute Gasteiger partial charge is 0.493 e. The lowest BCUT2D eigenvalue weighted by Gasteiger charge is -2.11. The van der Waals surface area contributed by atoms with E-state index in [1.807, 2.05) is 24.3 Å². The van der Waals surface area contributed by atoms with Crippen molar-refractivity contribution in [3.8, 4) is 23.0 Å². The number of allylic oxidation sites excluding steroid dienone is 2. The highest BCUT2D eigenvalue weighted by Crippen LogP contribution is 2.30. The molecule has 6 nitrogen and oxygen atoms in total. The molecule has 2 aromatic carbocycles. The molecule has 0 bridgehead atoms. The van der Waals surface area contributed by atoms with Gasteiger partial charge in [-0.3, -0.25) is 0 Å². The Hall–Kier alpha value is -2.70. The summed E-state index contributed by atoms with van der Waals surface area (Å²) in [5.41, 5.74) is 2.34. The maximum Gasteiger partial charge on any atom is 0.161 e. The van der Waals surface area contributed by atoms with E-state index < -0.39 is 0 Å². The number of methoxy groups -OCH3 is 2. The van der Waals surface area contributed by atoms with E-state index in [-0.39, 0.29) is 12.2 Å². The van der Waals surface area contributed by atoms with Crippen LogP contribution in [-0.4, -0.2) is 52.9 Å². The third-order valence-electron chi connectivity index (χ3n) is 4.98. The van der Waals surface area contributed by atoms with Gasteiger partial charge in [-0.25, -0.2) is 0 Å². The Morgan fingerprint density at radius 3 is 1.53 bits per heavy atom. The molecule has 2 aliphatic rings. The maximum absolute atomic E-state index is 5.76. The van der Waals surface area contributed by atoms with Crippen molar-refractivity contribution in [2.45, 2.75) is 25.0 Å². The van der Waals surface area contributed by atoms with Gasteiger partial charge in [0.15, 0.2) is 23.0 Å². The van der Waals surface area contributed by atoms with E-state index in [0.29, 0.717) is 13.2 Å². The highest BCUT2D eigenvalue weighted by Gasteiger charge is 2.24. The summed E-state index contributed by atoms with van der Waals surface area (Å²) in [6.07, 6.45) is 6.42. The third-order valence-corrected chi connectivity index (χ3v) is 4.98. The standard InChI is InChI=1S/C24H28O6/c1-25-23-11-17(7-9-21(23)29-15-19-13-27-19)5-3-4-6-18-8-10-22(24(12-18)26-2)30-16-20-14-28-20/h3-4,7-12,19-20H,5-6,13-16H2,1-2H3. The Balaban J connectivity index is 1.29. The van der Waals surface area contributed by atoms with Gasteiger partial charge in [0.2, 0.25) is 0 Å². The van der Waals surface area contributed by atoms with Gasteiger partial charge in [-0.15, -0.1) is 0 Å². The molecule has 0 aromatic heterocycles. The summed E-state index contributed by atoms with van der Waals surface area (Å²) in [7, 11) is 3.32. The molecule has 2 unspecified atom stereocenters. The number of benzene rings is 2. The van der Waals surface area contributed by atoms with E-state index in [1.54, 1.807) is 14.2 Å². The van der Waals surface area contributed by atoms with Gasteiger partial charge in [0.25, 0.3) is 0 Å². The summed E-state index contributed by atoms with van der Waals surface area (Å²) in [5.74, 6) is 3.00. The van der Waals surface area contributed by atoms with Crippen molar-refractivity contribution in [1.29, 1.82) is 0 Å². The normalized spacial score (nSPS) is 19.5. The molecule has 0 spiro atoms. The SMILES string of the molecule is COc1cc(CC=CCc2ccc(OCC3CO3)c(OC)c2)ccc1OCC1CO1. The fourth-order valence-corrected chi connectivity index (χ4v) is 3.05. The summed E-state index contributed by atoms with van der Waals surface area (Å²) in [6, 6.07) is 12.1. The van der Waals surface area contributed by atoms with Crippen LogP contribution >= 0.6 is 0 Å². The molecule has 2 aliphatic heterocycles. The van der Waals surface area contributed by atoms with E-state index in [9.17, 15) is 0 Å². The molecule has 4 rings (SSSR count). The molecule has 2 fully saturated rings. The third kappa shape index (κ3) is 5.90. The van der Waals surface area contributed by atoms with Gasteiger partial charge in [0.05, 0.1) is 27.4 Å². The number of hydrogen-bond acceptors (Lipinski definition) is 6. The molecule has 30 heavy (non-hydrogen) atoms. The zero-order valence-corrected chi connectivity index (χ0v) is 17.5. The Morgan fingerprint density at radius 2 is 1.17 bits per heavy atom. The second-order valence-electron chi connectivity index (χ2n) is 7.38. The van der Waals surface area contributed by atoms with Crippen molar-refractivity contribution in [1.82, 2.24) is 0 Å². The average Bonchev–Trinajstić information content (AvgIpc) is 3.69. The topological polar surface area (TPSA) is 62.0 Å². The van der Waals surface area contributed by atoms with Crippen LogP contribution in [0, 0.1) is 0 Å². The van der Waals surface area contributed by atoms with Gasteiger partial charge in [-0.1, -0.05) is 24.3 Å². The first-order chi connectivity index (χ1) is 14.7. The van der Waals surface area contributed by atoms with Gasteiger partial charge in [-0.05, 0) is 48.2 Å². The lowest BCUT2D eigenvalue weighted by atomic mass is 10.1. The lowest BCUT2D eigenvalue weighted by Crippen LogP contribution is -2.05. The Kier molecular flexibility index (Phi) is 6.77. The summed E-state index contributed by atoms with van der Waals surface area (Å²) >= 11 is 0. The van der Waals surface area contributed by atoms with Crippen molar-refractivity contribution in [2.24, 2.45) is 0 Å². The molecule has 0 saturated carbocycles. The van der Waals surface area contributed by atoms with E-state index in [2.05, 4.69) is 24.3 Å². The smallest absolute Gasteiger partial charge is 0.161 e. The van der Waals surface area contributed by atoms with Crippen molar-refractivity contribution in [3.63, 3.8) is 0 Å². The average molecular weight is 412 g/mol. The fourth-order valence-electron chi connectivity index (χ4n) is 3.05. The first-order valence-corrected chi connectivity index (χ1v) is 10.2. The van der Waals surface area contributed by atoms with Crippen molar-refractivity contribution in [3.05, 3.63) is 59.7 Å². The number of ether oxygens (including phenoxy) is 6. The molecule has 0 radical (unpaired) electrons. The van der Waals surface area contributed by atoms with Crippen molar-refractivity contribution >= 4 is 0 Å². The fraction of sp³-hybridized carbons (Fsp3) is 0.417. The number of epoxide rings is 2. The zero-order chi connectivity index (χ0) is 20.8. The number of rotatable bonds is 12. The van der Waals surface area contributed by atoms with Gasteiger partial charge in [0.1, 0.15) is 25.4 Å². The predicted octanol–water partition coefficient (Wildman–Crippen LogP) is 3.60. The van der Waals surface area contributed by atoms with Gasteiger partial charge < -0.3 is 28.4 Å². The zero-order valence-electron chi connectivity index (χ0n) is 17.5. The molecule has 2 atom stereocenters. The van der Waals surface area contributed by atoms with Crippen LogP contribution in [0.1, 0.15) is 11.1 Å². The summed E-state index contributed by atoms with van der Waals surface area (Å²) in [4.78, 5) is 0. The molecule has 2 aromatic rings. The Labute approximate surface area is 177 Å². The van der Waals surface area contributed by atoms with Gasteiger partial charge >= 0.3 is 0 Å². The second kappa shape index (κ2) is 9.87. The quantitative estimate of drug-likeness (QED) is 0.392. The van der Waals surface area contributed by atoms with Crippen LogP contribution in [-0.2, 0) is 22.3 Å². The highest BCUT2D eigenvalue weighted by atomic mass is 16.6. The Morgan fingerprint density at radius 1 is 0.733 bits per heavy atom. The van der Waals surface area contributed by atoms with Crippen LogP contribution in [0.4, 0.5) is 0 Å². The van der Waals surface area contributed by atoms with Crippen molar-refractivity contribution < 1.29 is 28.4 Å². The molecule has 2 saturated heterocycles. The monoisotopic (exact) mass is 412 g/mol. The van der Waals surface area contributed by atoms with E-state index in [4.69, 9.17) is 28.4 Å². The maximum atomic E-state index is 5.76. The number of hydrogen-bond donors (Lipinski definition) is 0. The summed E-state index contributed by atoms with van der Waals surface area (Å²) < 4.78 is 32.8. The molecule has 6 heteroatoms. The summed E-state index contributed by atoms with van der Waals surface area (Å²) in [5, 5.41) is 0. The predicted molar refractivity (Wildman–Crippen MR) is 113 cm³/mol. The Bertz CT molecular complexity index is 798. The van der Waals surface area contributed by atoms with E-state index >= 15 is 0 Å². The summed E-state index contributed by atoms with van der Waals surface area (Å²) in [6.45, 7) is 2.69. The molecular weight excluding hydrogens is 384 g/mol. The molecular formula is C24H28O6. The minimum absolute atomic E-state index is 0.226. The minimum atomic E-state index is 0.226. The van der Waals surface area contributed by atoms with Crippen LogP contribution in [0.25, 0.3) is 0 Å². The molecule has 0 amide bonds. The molecule has 0 N–H and O–H groups in total. The molecule has 160 valence electrons. The van der Waals surface area contributed by atoms with Crippen LogP contribution < -0.4 is 18.9 Å². The van der Waals surface area contributed by atoms with Gasteiger partial charge in [-0.2, -0.15) is 0 Å². The molecule has 2 heterocycles. The van der Waals surface area contributed by atoms with Crippen LogP contribution in [0.3, 0.4) is 0 Å².